The molecular formula is C11H13NO4. The molecule has 0 aromatic heterocycles. The zero-order valence-corrected chi connectivity index (χ0v) is 8.76. The van der Waals surface area contributed by atoms with Crippen molar-refractivity contribution in [2.75, 3.05) is 6.54 Å². The Bertz CT molecular complexity index is 363. The molecule has 0 aromatic rings. The molecule has 1 aliphatic heterocycles. The van der Waals surface area contributed by atoms with Gasteiger partial charge in [-0.05, 0) is 31.1 Å². The highest BCUT2D eigenvalue weighted by Crippen LogP contribution is 2.55. The lowest BCUT2D eigenvalue weighted by Crippen LogP contribution is -2.37. The number of amides is 2. The van der Waals surface area contributed by atoms with Gasteiger partial charge in [-0.25, -0.2) is 0 Å². The molecule has 2 bridgehead atoms. The van der Waals surface area contributed by atoms with Gasteiger partial charge in [-0.1, -0.05) is 0 Å². The van der Waals surface area contributed by atoms with Crippen LogP contribution in [0.2, 0.25) is 0 Å². The van der Waals surface area contributed by atoms with Crippen molar-refractivity contribution in [2.45, 2.75) is 19.3 Å². The van der Waals surface area contributed by atoms with Crippen LogP contribution in [-0.4, -0.2) is 34.3 Å². The number of hydrogen-bond donors (Lipinski definition) is 1. The first kappa shape index (κ1) is 9.81. The normalized spacial score (nSPS) is 40.6. The minimum absolute atomic E-state index is 0.203. The molecule has 1 saturated heterocycles. The van der Waals surface area contributed by atoms with Gasteiger partial charge in [0, 0.05) is 0 Å². The van der Waals surface area contributed by atoms with Crippen LogP contribution in [0.15, 0.2) is 0 Å². The van der Waals surface area contributed by atoms with Crippen molar-refractivity contribution < 1.29 is 19.5 Å². The molecular weight excluding hydrogens is 210 g/mol. The van der Waals surface area contributed by atoms with Crippen molar-refractivity contribution in [1.82, 2.24) is 4.90 Å². The number of carbonyl (C=O) groups is 3. The summed E-state index contributed by atoms with van der Waals surface area (Å²) in [4.78, 5) is 35.5. The lowest BCUT2D eigenvalue weighted by atomic mass is 9.81. The molecule has 2 aliphatic carbocycles. The van der Waals surface area contributed by atoms with Gasteiger partial charge in [0.15, 0.2) is 0 Å². The number of rotatable bonds is 2. The molecule has 3 rings (SSSR count). The topological polar surface area (TPSA) is 74.7 Å². The number of aliphatic carboxylic acids is 1. The summed E-state index contributed by atoms with van der Waals surface area (Å²) in [5, 5.41) is 8.67. The minimum Gasteiger partial charge on any atom is -0.480 e. The van der Waals surface area contributed by atoms with Gasteiger partial charge in [0.25, 0.3) is 0 Å². The first-order valence-corrected chi connectivity index (χ1v) is 5.66. The highest BCUT2D eigenvalue weighted by atomic mass is 16.4. The summed E-state index contributed by atoms with van der Waals surface area (Å²) in [6.07, 6.45) is 3.02. The zero-order chi connectivity index (χ0) is 11.4. The molecule has 5 nitrogen and oxygen atoms in total. The van der Waals surface area contributed by atoms with Crippen LogP contribution >= 0.6 is 0 Å². The summed E-state index contributed by atoms with van der Waals surface area (Å²) in [5.41, 5.74) is 0. The van der Waals surface area contributed by atoms with Gasteiger partial charge in [-0.3, -0.25) is 19.3 Å². The van der Waals surface area contributed by atoms with E-state index < -0.39 is 12.5 Å². The third kappa shape index (κ3) is 1.08. The Balaban J connectivity index is 1.89. The molecule has 2 amide bonds. The van der Waals surface area contributed by atoms with Crippen molar-refractivity contribution in [2.24, 2.45) is 23.7 Å². The molecule has 0 radical (unpaired) electrons. The van der Waals surface area contributed by atoms with Gasteiger partial charge < -0.3 is 5.11 Å². The monoisotopic (exact) mass is 223 g/mol. The predicted molar refractivity (Wildman–Crippen MR) is 52.2 cm³/mol. The summed E-state index contributed by atoms with van der Waals surface area (Å²) < 4.78 is 0. The Kier molecular flexibility index (Phi) is 1.87. The SMILES string of the molecule is O=C(O)CN1C(=O)[C@@H]2[C@@H]3CC[C@H](C3)[C@H]2C1=O. The number of fused-ring (bicyclic) bond motifs is 5. The molecule has 16 heavy (non-hydrogen) atoms. The fourth-order valence-electron chi connectivity index (χ4n) is 3.76. The second kappa shape index (κ2) is 3.06. The van der Waals surface area contributed by atoms with E-state index in [4.69, 9.17) is 5.11 Å². The number of carbonyl (C=O) groups excluding carboxylic acids is 2. The molecule has 4 atom stereocenters. The number of carboxylic acid groups (broad SMARTS) is 1. The highest BCUT2D eigenvalue weighted by molar-refractivity contribution is 6.07. The molecule has 3 fully saturated rings. The van der Waals surface area contributed by atoms with Gasteiger partial charge in [0.1, 0.15) is 6.54 Å². The van der Waals surface area contributed by atoms with Crippen LogP contribution < -0.4 is 0 Å². The molecule has 1 heterocycles. The Morgan fingerprint density at radius 3 is 2.12 bits per heavy atom. The third-order valence-corrected chi connectivity index (χ3v) is 4.31. The Morgan fingerprint density at radius 1 is 1.19 bits per heavy atom. The first-order chi connectivity index (χ1) is 7.59. The van der Waals surface area contributed by atoms with Crippen LogP contribution in [0, 0.1) is 23.7 Å². The van der Waals surface area contributed by atoms with Crippen LogP contribution in [-0.2, 0) is 14.4 Å². The van der Waals surface area contributed by atoms with Crippen molar-refractivity contribution >= 4 is 17.8 Å². The van der Waals surface area contributed by atoms with Gasteiger partial charge >= 0.3 is 5.97 Å². The number of likely N-dealkylation sites (tertiary alicyclic amines) is 1. The van der Waals surface area contributed by atoms with E-state index in [-0.39, 0.29) is 23.7 Å². The third-order valence-electron chi connectivity index (χ3n) is 4.31. The lowest BCUT2D eigenvalue weighted by Gasteiger charge is -2.19. The number of hydrogen-bond acceptors (Lipinski definition) is 3. The first-order valence-electron chi connectivity index (χ1n) is 5.66. The van der Waals surface area contributed by atoms with Gasteiger partial charge in [0.05, 0.1) is 11.8 Å². The van der Waals surface area contributed by atoms with Gasteiger partial charge in [0.2, 0.25) is 11.8 Å². The van der Waals surface area contributed by atoms with Crippen molar-refractivity contribution in [3.8, 4) is 0 Å². The summed E-state index contributed by atoms with van der Waals surface area (Å²) >= 11 is 0. The average molecular weight is 223 g/mol. The minimum atomic E-state index is -1.12. The van der Waals surface area contributed by atoms with Crippen molar-refractivity contribution in [3.63, 3.8) is 0 Å². The summed E-state index contributed by atoms with van der Waals surface area (Å²) in [7, 11) is 0. The van der Waals surface area contributed by atoms with E-state index in [0.717, 1.165) is 24.2 Å². The fraction of sp³-hybridized carbons (Fsp3) is 0.727. The average Bonchev–Trinajstić information content (AvgIpc) is 2.87. The predicted octanol–water partition coefficient (Wildman–Crippen LogP) is 0.102. The smallest absolute Gasteiger partial charge is 0.323 e. The molecule has 2 saturated carbocycles. The second-order valence-corrected chi connectivity index (χ2v) is 5.04. The molecule has 0 spiro atoms. The number of imide groups is 1. The van der Waals surface area contributed by atoms with Crippen LogP contribution in [0.3, 0.4) is 0 Å². The molecule has 86 valence electrons. The highest BCUT2D eigenvalue weighted by Gasteiger charge is 2.60. The van der Waals surface area contributed by atoms with Crippen LogP contribution in [0.5, 0.6) is 0 Å². The number of carboxylic acids is 1. The van der Waals surface area contributed by atoms with E-state index in [1.54, 1.807) is 0 Å². The molecule has 0 aromatic carbocycles. The van der Waals surface area contributed by atoms with Crippen molar-refractivity contribution in [3.05, 3.63) is 0 Å². The maximum atomic E-state index is 12.0. The molecule has 3 aliphatic rings. The standard InChI is InChI=1S/C11H13NO4/c13-7(14)4-12-10(15)8-5-1-2-6(3-5)9(8)11(12)16/h5-6,8-9H,1-4H2,(H,13,14)/t5-,6-,8-,9-/m1/s1. The lowest BCUT2D eigenvalue weighted by molar-refractivity contribution is -0.149. The van der Waals surface area contributed by atoms with E-state index in [1.165, 1.54) is 0 Å². The van der Waals surface area contributed by atoms with E-state index in [1.807, 2.05) is 0 Å². The van der Waals surface area contributed by atoms with E-state index in [2.05, 4.69) is 0 Å². The van der Waals surface area contributed by atoms with Crippen LogP contribution in [0.1, 0.15) is 19.3 Å². The van der Waals surface area contributed by atoms with E-state index in [9.17, 15) is 14.4 Å². The Labute approximate surface area is 92.4 Å². The summed E-state index contributed by atoms with van der Waals surface area (Å²) in [6, 6.07) is 0. The molecule has 5 heteroatoms. The Hall–Kier alpha value is -1.39. The fourth-order valence-corrected chi connectivity index (χ4v) is 3.76. The summed E-state index contributed by atoms with van der Waals surface area (Å²) in [6.45, 7) is -0.468. The van der Waals surface area contributed by atoms with Crippen LogP contribution in [0.4, 0.5) is 0 Å². The Morgan fingerprint density at radius 2 is 1.69 bits per heavy atom. The van der Waals surface area contributed by atoms with E-state index in [0.29, 0.717) is 11.8 Å². The van der Waals surface area contributed by atoms with Gasteiger partial charge in [-0.2, -0.15) is 0 Å². The van der Waals surface area contributed by atoms with Gasteiger partial charge in [-0.15, -0.1) is 0 Å². The van der Waals surface area contributed by atoms with Crippen molar-refractivity contribution in [1.29, 1.82) is 0 Å². The maximum Gasteiger partial charge on any atom is 0.323 e. The van der Waals surface area contributed by atoms with Crippen LogP contribution in [0.25, 0.3) is 0 Å². The zero-order valence-electron chi connectivity index (χ0n) is 8.76. The molecule has 1 N–H and O–H groups in total. The van der Waals surface area contributed by atoms with E-state index >= 15 is 0 Å². The summed E-state index contributed by atoms with van der Waals surface area (Å²) in [5.74, 6) is -1.37. The molecule has 0 unspecified atom stereocenters. The number of nitrogens with zero attached hydrogens (tertiary/aromatic N) is 1. The quantitative estimate of drug-likeness (QED) is 0.674. The largest absolute Gasteiger partial charge is 0.480 e. The second-order valence-electron chi connectivity index (χ2n) is 5.04. The maximum absolute atomic E-state index is 12.0.